The molecule has 1 rings (SSSR count). The monoisotopic (exact) mass is 176 g/mol. The maximum atomic E-state index is 11.1. The Morgan fingerprint density at radius 3 is 2.55 bits per heavy atom. The van der Waals surface area contributed by atoms with E-state index in [1.165, 1.54) is 0 Å². The van der Waals surface area contributed by atoms with Crippen molar-refractivity contribution < 1.29 is 4.21 Å². The third kappa shape index (κ3) is 2.54. The second-order valence-corrected chi connectivity index (χ2v) is 4.96. The summed E-state index contributed by atoms with van der Waals surface area (Å²) in [6.45, 7) is 6.97. The Morgan fingerprint density at radius 2 is 2.18 bits per heavy atom. The zero-order chi connectivity index (χ0) is 8.48. The minimum atomic E-state index is -0.805. The molecule has 0 amide bonds. The average molecular weight is 176 g/mol. The first-order valence-corrected chi connectivity index (χ1v) is 5.36. The van der Waals surface area contributed by atoms with Crippen LogP contribution < -0.4 is 5.32 Å². The van der Waals surface area contributed by atoms with Crippen LogP contribution >= 0.6 is 0 Å². The number of hydrogen-bond donors (Lipinski definition) is 1. The Labute approximate surface area is 70.7 Å². The molecule has 1 aliphatic heterocycles. The minimum absolute atomic E-state index is 0.115. The molecule has 66 valence electrons. The molecule has 11 heavy (non-hydrogen) atoms. The molecule has 1 aliphatic rings. The van der Waals surface area contributed by atoms with E-state index in [2.05, 4.69) is 19.2 Å². The van der Waals surface area contributed by atoms with Crippen LogP contribution in [0.15, 0.2) is 0 Å². The number of hydrogen-bond acceptors (Lipinski definition) is 2. The number of nitrogens with zero attached hydrogens (tertiary/aromatic N) is 1. The smallest absolute Gasteiger partial charge is 0.0911 e. The van der Waals surface area contributed by atoms with Gasteiger partial charge in [0.05, 0.1) is 11.0 Å². The van der Waals surface area contributed by atoms with Crippen LogP contribution in [0.2, 0.25) is 0 Å². The molecule has 0 aromatic heterocycles. The van der Waals surface area contributed by atoms with Crippen molar-refractivity contribution in [1.82, 2.24) is 9.62 Å². The maximum absolute atomic E-state index is 11.1. The quantitative estimate of drug-likeness (QED) is 0.608. The van der Waals surface area contributed by atoms with Crippen molar-refractivity contribution in [1.29, 1.82) is 0 Å². The Bertz CT molecular complexity index is 170. The van der Waals surface area contributed by atoms with Crippen LogP contribution in [0.25, 0.3) is 0 Å². The van der Waals surface area contributed by atoms with Crippen LogP contribution in [0.3, 0.4) is 0 Å². The zero-order valence-corrected chi connectivity index (χ0v) is 8.20. The molecule has 4 heteroatoms. The molecule has 1 N–H and O–H groups in total. The van der Waals surface area contributed by atoms with Gasteiger partial charge >= 0.3 is 0 Å². The summed E-state index contributed by atoms with van der Waals surface area (Å²) in [7, 11) is -0.805. The molecule has 1 unspecified atom stereocenters. The lowest BCUT2D eigenvalue weighted by Crippen LogP contribution is -2.57. The first kappa shape index (κ1) is 9.16. The SMILES string of the molecule is CS(=O)N1CCNC(C)(C)C1. The second-order valence-electron chi connectivity index (χ2n) is 3.60. The van der Waals surface area contributed by atoms with E-state index < -0.39 is 11.0 Å². The zero-order valence-electron chi connectivity index (χ0n) is 7.39. The second kappa shape index (κ2) is 3.21. The minimum Gasteiger partial charge on any atom is -0.309 e. The molecule has 0 radical (unpaired) electrons. The van der Waals surface area contributed by atoms with Crippen LogP contribution in [0.4, 0.5) is 0 Å². The van der Waals surface area contributed by atoms with E-state index in [1.54, 1.807) is 6.26 Å². The summed E-state index contributed by atoms with van der Waals surface area (Å²) < 4.78 is 13.1. The molecule has 0 spiro atoms. The number of piperazine rings is 1. The van der Waals surface area contributed by atoms with Crippen LogP contribution in [-0.4, -0.2) is 39.9 Å². The van der Waals surface area contributed by atoms with E-state index in [4.69, 9.17) is 0 Å². The van der Waals surface area contributed by atoms with Crippen molar-refractivity contribution in [3.63, 3.8) is 0 Å². The summed E-state index contributed by atoms with van der Waals surface area (Å²) in [6, 6.07) is 0. The van der Waals surface area contributed by atoms with Crippen molar-refractivity contribution in [2.75, 3.05) is 25.9 Å². The molecule has 3 nitrogen and oxygen atoms in total. The van der Waals surface area contributed by atoms with Crippen LogP contribution in [-0.2, 0) is 11.0 Å². The van der Waals surface area contributed by atoms with Crippen molar-refractivity contribution in [3.05, 3.63) is 0 Å². The molecule has 0 aromatic rings. The largest absolute Gasteiger partial charge is 0.309 e. The van der Waals surface area contributed by atoms with E-state index in [1.807, 2.05) is 4.31 Å². The lowest BCUT2D eigenvalue weighted by molar-refractivity contribution is 0.242. The third-order valence-corrected chi connectivity index (χ3v) is 2.94. The van der Waals surface area contributed by atoms with Gasteiger partial charge in [-0.3, -0.25) is 0 Å². The predicted molar refractivity (Wildman–Crippen MR) is 47.7 cm³/mol. The molecule has 0 saturated carbocycles. The average Bonchev–Trinajstić information content (AvgIpc) is 1.85. The van der Waals surface area contributed by atoms with Gasteiger partial charge in [-0.25, -0.2) is 8.51 Å². The van der Waals surface area contributed by atoms with Gasteiger partial charge in [0, 0.05) is 31.4 Å². The van der Waals surface area contributed by atoms with E-state index in [0.717, 1.165) is 19.6 Å². The molecule has 0 aliphatic carbocycles. The Kier molecular flexibility index (Phi) is 2.67. The summed E-state index contributed by atoms with van der Waals surface area (Å²) in [5.41, 5.74) is 0.115. The summed E-state index contributed by atoms with van der Waals surface area (Å²) in [5.74, 6) is 0. The lowest BCUT2D eigenvalue weighted by atomic mass is 10.0. The Balaban J connectivity index is 2.53. The third-order valence-electron chi connectivity index (χ3n) is 1.90. The summed E-state index contributed by atoms with van der Waals surface area (Å²) in [5, 5.41) is 3.37. The van der Waals surface area contributed by atoms with E-state index in [9.17, 15) is 4.21 Å². The molecule has 1 fully saturated rings. The summed E-state index contributed by atoms with van der Waals surface area (Å²) >= 11 is 0. The molecule has 0 aromatic carbocycles. The first-order chi connectivity index (χ1) is 5.01. The highest BCUT2D eigenvalue weighted by atomic mass is 32.2. The molecule has 0 bridgehead atoms. The van der Waals surface area contributed by atoms with Crippen molar-refractivity contribution in [3.8, 4) is 0 Å². The molecular weight excluding hydrogens is 160 g/mol. The predicted octanol–water partition coefficient (Wildman–Crippen LogP) is -0.0363. The van der Waals surface area contributed by atoms with Gasteiger partial charge in [-0.15, -0.1) is 0 Å². The van der Waals surface area contributed by atoms with Gasteiger partial charge in [0.1, 0.15) is 0 Å². The lowest BCUT2D eigenvalue weighted by Gasteiger charge is -2.37. The van der Waals surface area contributed by atoms with E-state index in [-0.39, 0.29) is 5.54 Å². The maximum Gasteiger partial charge on any atom is 0.0911 e. The molecule has 1 heterocycles. The number of rotatable bonds is 1. The normalized spacial score (nSPS) is 28.3. The van der Waals surface area contributed by atoms with Gasteiger partial charge in [0.25, 0.3) is 0 Å². The highest BCUT2D eigenvalue weighted by molar-refractivity contribution is 7.81. The Morgan fingerprint density at radius 1 is 1.55 bits per heavy atom. The topological polar surface area (TPSA) is 32.3 Å². The van der Waals surface area contributed by atoms with Gasteiger partial charge in [-0.05, 0) is 13.8 Å². The van der Waals surface area contributed by atoms with Gasteiger partial charge in [-0.1, -0.05) is 0 Å². The van der Waals surface area contributed by atoms with E-state index in [0.29, 0.717) is 0 Å². The van der Waals surface area contributed by atoms with Gasteiger partial charge < -0.3 is 5.32 Å². The highest BCUT2D eigenvalue weighted by Gasteiger charge is 2.26. The molecular formula is C7H16N2OS. The fourth-order valence-electron chi connectivity index (χ4n) is 1.31. The van der Waals surface area contributed by atoms with Crippen molar-refractivity contribution in [2.45, 2.75) is 19.4 Å². The number of nitrogens with one attached hydrogen (secondary N) is 1. The summed E-state index contributed by atoms with van der Waals surface area (Å²) in [4.78, 5) is 0. The van der Waals surface area contributed by atoms with Crippen LogP contribution in [0.1, 0.15) is 13.8 Å². The van der Waals surface area contributed by atoms with Gasteiger partial charge in [-0.2, -0.15) is 0 Å². The fourth-order valence-corrected chi connectivity index (χ4v) is 2.17. The van der Waals surface area contributed by atoms with Gasteiger partial charge in [0.15, 0.2) is 0 Å². The van der Waals surface area contributed by atoms with Crippen molar-refractivity contribution in [2.24, 2.45) is 0 Å². The fraction of sp³-hybridized carbons (Fsp3) is 1.00. The molecule has 1 saturated heterocycles. The van der Waals surface area contributed by atoms with Gasteiger partial charge in [0.2, 0.25) is 0 Å². The summed E-state index contributed by atoms with van der Waals surface area (Å²) in [6.07, 6.45) is 1.74. The van der Waals surface area contributed by atoms with Crippen molar-refractivity contribution >= 4 is 11.0 Å². The van der Waals surface area contributed by atoms with Crippen LogP contribution in [0, 0.1) is 0 Å². The van der Waals surface area contributed by atoms with E-state index >= 15 is 0 Å². The standard InChI is InChI=1S/C7H16N2OS/c1-7(2)6-9(11(3)10)5-4-8-7/h8H,4-6H2,1-3H3. The molecule has 1 atom stereocenters. The highest BCUT2D eigenvalue weighted by Crippen LogP contribution is 2.10. The first-order valence-electron chi connectivity index (χ1n) is 3.85. The Hall–Kier alpha value is 0.0700. The van der Waals surface area contributed by atoms with Crippen LogP contribution in [0.5, 0.6) is 0 Å².